The fourth-order valence-electron chi connectivity index (χ4n) is 1.70. The quantitative estimate of drug-likeness (QED) is 0.783. The Balaban J connectivity index is 2.15. The van der Waals surface area contributed by atoms with Gasteiger partial charge in [-0.2, -0.15) is 0 Å². The second-order valence-electron chi connectivity index (χ2n) is 4.22. The Morgan fingerprint density at radius 1 is 1.25 bits per heavy atom. The van der Waals surface area contributed by atoms with Gasteiger partial charge in [-0.1, -0.05) is 0 Å². The number of aromatic nitrogens is 1. The highest BCUT2D eigenvalue weighted by Crippen LogP contribution is 2.29. The van der Waals surface area contributed by atoms with E-state index in [1.165, 1.54) is 6.92 Å². The molecule has 0 unspecified atom stereocenters. The van der Waals surface area contributed by atoms with Gasteiger partial charge in [0.15, 0.2) is 17.3 Å². The smallest absolute Gasteiger partial charge is 0.161 e. The minimum Gasteiger partial charge on any atom is -0.493 e. The van der Waals surface area contributed by atoms with Gasteiger partial charge in [0.1, 0.15) is 6.61 Å². The van der Waals surface area contributed by atoms with Gasteiger partial charge < -0.3 is 9.47 Å². The monoisotopic (exact) mass is 335 g/mol. The number of carbonyl (C=O) groups is 1. The number of Topliss-reactive ketones (excluding diaryl/α,β-unsaturated/α-hetero) is 1. The van der Waals surface area contributed by atoms with Gasteiger partial charge in [0.2, 0.25) is 0 Å². The van der Waals surface area contributed by atoms with Crippen molar-refractivity contribution in [1.29, 1.82) is 0 Å². The van der Waals surface area contributed by atoms with Crippen LogP contribution in [0.25, 0.3) is 0 Å². The Morgan fingerprint density at radius 2 is 2.05 bits per heavy atom. The second-order valence-corrected chi connectivity index (χ2v) is 5.14. The van der Waals surface area contributed by atoms with E-state index in [0.717, 1.165) is 10.0 Å². The summed E-state index contributed by atoms with van der Waals surface area (Å²) in [6.45, 7) is 1.89. The number of nitrogens with zero attached hydrogens (tertiary/aromatic N) is 1. The highest BCUT2D eigenvalue weighted by molar-refractivity contribution is 9.10. The summed E-state index contributed by atoms with van der Waals surface area (Å²) >= 11 is 3.36. The average molecular weight is 336 g/mol. The third-order valence-corrected chi connectivity index (χ3v) is 3.16. The van der Waals surface area contributed by atoms with E-state index in [-0.39, 0.29) is 5.78 Å². The van der Waals surface area contributed by atoms with Crippen molar-refractivity contribution in [3.05, 3.63) is 52.3 Å². The predicted molar refractivity (Wildman–Crippen MR) is 79.3 cm³/mol. The van der Waals surface area contributed by atoms with E-state index in [4.69, 9.17) is 9.47 Å². The number of hydrogen-bond acceptors (Lipinski definition) is 4. The molecule has 1 heterocycles. The van der Waals surface area contributed by atoms with Gasteiger partial charge in [0.25, 0.3) is 0 Å². The molecule has 0 radical (unpaired) electrons. The number of ketones is 1. The van der Waals surface area contributed by atoms with Gasteiger partial charge in [-0.05, 0) is 47.1 Å². The van der Waals surface area contributed by atoms with Gasteiger partial charge in [-0.3, -0.25) is 9.78 Å². The van der Waals surface area contributed by atoms with Crippen LogP contribution < -0.4 is 9.47 Å². The topological polar surface area (TPSA) is 48.4 Å². The standard InChI is InChI=1S/C15H14BrNO3/c1-10(18)12-3-4-14(15(6-12)19-2)20-9-11-5-13(16)8-17-7-11/h3-8H,9H2,1-2H3. The van der Waals surface area contributed by atoms with Crippen molar-refractivity contribution in [1.82, 2.24) is 4.98 Å². The van der Waals surface area contributed by atoms with Crippen LogP contribution in [-0.4, -0.2) is 17.9 Å². The van der Waals surface area contributed by atoms with Crippen molar-refractivity contribution in [2.75, 3.05) is 7.11 Å². The minimum absolute atomic E-state index is 0.00830. The molecule has 4 nitrogen and oxygen atoms in total. The lowest BCUT2D eigenvalue weighted by Gasteiger charge is -2.11. The molecule has 20 heavy (non-hydrogen) atoms. The van der Waals surface area contributed by atoms with E-state index >= 15 is 0 Å². The lowest BCUT2D eigenvalue weighted by atomic mass is 10.1. The fraction of sp³-hybridized carbons (Fsp3) is 0.200. The van der Waals surface area contributed by atoms with Crippen LogP contribution in [0.2, 0.25) is 0 Å². The molecule has 0 aliphatic heterocycles. The van der Waals surface area contributed by atoms with Crippen molar-refractivity contribution in [3.8, 4) is 11.5 Å². The molecule has 1 aromatic heterocycles. The summed E-state index contributed by atoms with van der Waals surface area (Å²) in [7, 11) is 1.55. The van der Waals surface area contributed by atoms with Crippen LogP contribution in [-0.2, 0) is 6.61 Å². The maximum Gasteiger partial charge on any atom is 0.161 e. The van der Waals surface area contributed by atoms with Crippen molar-refractivity contribution in [2.45, 2.75) is 13.5 Å². The predicted octanol–water partition coefficient (Wildman–Crippen LogP) is 3.63. The molecule has 0 spiro atoms. The number of ether oxygens (including phenoxy) is 2. The molecule has 0 saturated carbocycles. The normalized spacial score (nSPS) is 10.2. The molecule has 1 aromatic carbocycles. The van der Waals surface area contributed by atoms with E-state index < -0.39 is 0 Å². The summed E-state index contributed by atoms with van der Waals surface area (Å²) < 4.78 is 11.9. The highest BCUT2D eigenvalue weighted by atomic mass is 79.9. The SMILES string of the molecule is COc1cc(C(C)=O)ccc1OCc1cncc(Br)c1. The number of hydrogen-bond donors (Lipinski definition) is 0. The molecule has 0 aliphatic carbocycles. The molecular formula is C15H14BrNO3. The summed E-state index contributed by atoms with van der Waals surface area (Å²) in [4.78, 5) is 15.4. The van der Waals surface area contributed by atoms with Crippen LogP contribution in [0.1, 0.15) is 22.8 Å². The van der Waals surface area contributed by atoms with Gasteiger partial charge in [-0.25, -0.2) is 0 Å². The summed E-state index contributed by atoms with van der Waals surface area (Å²) in [6.07, 6.45) is 3.45. The first kappa shape index (κ1) is 14.5. The lowest BCUT2D eigenvalue weighted by Crippen LogP contribution is -2.00. The number of halogens is 1. The number of benzene rings is 1. The molecule has 0 atom stereocenters. The Labute approximate surface area is 125 Å². The Morgan fingerprint density at radius 3 is 2.70 bits per heavy atom. The summed E-state index contributed by atoms with van der Waals surface area (Å²) in [5, 5.41) is 0. The molecule has 2 aromatic rings. The van der Waals surface area contributed by atoms with E-state index in [2.05, 4.69) is 20.9 Å². The van der Waals surface area contributed by atoms with Gasteiger partial charge in [0, 0.05) is 28.0 Å². The zero-order chi connectivity index (χ0) is 14.5. The van der Waals surface area contributed by atoms with E-state index in [1.807, 2.05) is 6.07 Å². The molecule has 0 saturated heterocycles. The molecule has 0 bridgehead atoms. The zero-order valence-corrected chi connectivity index (χ0v) is 12.8. The molecule has 0 aliphatic rings. The lowest BCUT2D eigenvalue weighted by molar-refractivity contribution is 0.101. The van der Waals surface area contributed by atoms with Crippen LogP contribution in [0.4, 0.5) is 0 Å². The summed E-state index contributed by atoms with van der Waals surface area (Å²) in [6, 6.07) is 7.07. The molecule has 104 valence electrons. The maximum absolute atomic E-state index is 11.3. The largest absolute Gasteiger partial charge is 0.493 e. The molecule has 0 amide bonds. The molecule has 2 rings (SSSR count). The molecule has 0 N–H and O–H groups in total. The van der Waals surface area contributed by atoms with Crippen LogP contribution in [0.5, 0.6) is 11.5 Å². The first-order valence-corrected chi connectivity index (χ1v) is 6.80. The zero-order valence-electron chi connectivity index (χ0n) is 11.2. The summed E-state index contributed by atoms with van der Waals surface area (Å²) in [5.41, 5.74) is 1.54. The maximum atomic E-state index is 11.3. The third kappa shape index (κ3) is 3.57. The minimum atomic E-state index is -0.00830. The van der Waals surface area contributed by atoms with E-state index in [9.17, 15) is 4.79 Å². The van der Waals surface area contributed by atoms with Gasteiger partial charge >= 0.3 is 0 Å². The summed E-state index contributed by atoms with van der Waals surface area (Å²) in [5.74, 6) is 1.13. The molecule has 5 heteroatoms. The fourth-order valence-corrected chi connectivity index (χ4v) is 2.11. The third-order valence-electron chi connectivity index (χ3n) is 2.73. The van der Waals surface area contributed by atoms with Gasteiger partial charge in [-0.15, -0.1) is 0 Å². The second kappa shape index (κ2) is 6.52. The number of rotatable bonds is 5. The highest BCUT2D eigenvalue weighted by Gasteiger charge is 2.08. The van der Waals surface area contributed by atoms with E-state index in [1.54, 1.807) is 37.7 Å². The van der Waals surface area contributed by atoms with Crippen molar-refractivity contribution >= 4 is 21.7 Å². The van der Waals surface area contributed by atoms with Gasteiger partial charge in [0.05, 0.1) is 7.11 Å². The Kier molecular flexibility index (Phi) is 4.74. The van der Waals surface area contributed by atoms with E-state index in [0.29, 0.717) is 23.7 Å². The Hall–Kier alpha value is -1.88. The molecular weight excluding hydrogens is 322 g/mol. The van der Waals surface area contributed by atoms with Crippen molar-refractivity contribution < 1.29 is 14.3 Å². The average Bonchev–Trinajstić information content (AvgIpc) is 2.45. The van der Waals surface area contributed by atoms with Crippen LogP contribution in [0.3, 0.4) is 0 Å². The van der Waals surface area contributed by atoms with Crippen molar-refractivity contribution in [2.24, 2.45) is 0 Å². The molecule has 0 fully saturated rings. The number of pyridine rings is 1. The van der Waals surface area contributed by atoms with Crippen molar-refractivity contribution in [3.63, 3.8) is 0 Å². The van der Waals surface area contributed by atoms with Crippen LogP contribution in [0, 0.1) is 0 Å². The first-order chi connectivity index (χ1) is 9.60. The first-order valence-electron chi connectivity index (χ1n) is 6.01. The van der Waals surface area contributed by atoms with Crippen LogP contribution >= 0.6 is 15.9 Å². The Bertz CT molecular complexity index is 628. The number of carbonyl (C=O) groups excluding carboxylic acids is 1. The van der Waals surface area contributed by atoms with Crippen LogP contribution in [0.15, 0.2) is 41.1 Å². The number of methoxy groups -OCH3 is 1.